The second-order valence-corrected chi connectivity index (χ2v) is 4.16. The molecule has 1 aliphatic heterocycles. The van der Waals surface area contributed by atoms with Crippen LogP contribution >= 0.6 is 0 Å². The fourth-order valence-electron chi connectivity index (χ4n) is 1.98. The molecule has 1 atom stereocenters. The van der Waals surface area contributed by atoms with Crippen LogP contribution in [0.4, 0.5) is 0 Å². The van der Waals surface area contributed by atoms with Crippen LogP contribution in [0.25, 0.3) is 0 Å². The second kappa shape index (κ2) is 5.86. The number of nitrogens with zero attached hydrogens (tertiary/aromatic N) is 1. The predicted octanol–water partition coefficient (Wildman–Crippen LogP) is 1.88. The molecule has 0 aromatic carbocycles. The van der Waals surface area contributed by atoms with Crippen LogP contribution in [0.5, 0.6) is 5.95 Å². The summed E-state index contributed by atoms with van der Waals surface area (Å²) in [7, 11) is 0. The van der Waals surface area contributed by atoms with Crippen molar-refractivity contribution in [3.63, 3.8) is 0 Å². The van der Waals surface area contributed by atoms with Gasteiger partial charge in [0, 0.05) is 13.0 Å². The van der Waals surface area contributed by atoms with Crippen molar-refractivity contribution in [2.75, 3.05) is 13.2 Å². The van der Waals surface area contributed by atoms with Crippen molar-refractivity contribution < 1.29 is 23.8 Å². The van der Waals surface area contributed by atoms with Crippen LogP contribution in [0.3, 0.4) is 0 Å². The van der Waals surface area contributed by atoms with Gasteiger partial charge in [-0.25, -0.2) is 9.78 Å². The molecule has 6 heteroatoms. The van der Waals surface area contributed by atoms with E-state index >= 15 is 0 Å². The van der Waals surface area contributed by atoms with E-state index in [1.54, 1.807) is 6.92 Å². The first kappa shape index (κ1) is 12.9. The van der Waals surface area contributed by atoms with E-state index in [1.807, 2.05) is 0 Å². The summed E-state index contributed by atoms with van der Waals surface area (Å²) < 4.78 is 15.9. The van der Waals surface area contributed by atoms with Crippen molar-refractivity contribution in [3.8, 4) is 5.95 Å². The summed E-state index contributed by atoms with van der Waals surface area (Å²) in [5.74, 6) is -0.746. The Hall–Kier alpha value is -1.56. The number of aromatic nitrogens is 1. The molecule has 0 amide bonds. The molecule has 0 aliphatic carbocycles. The summed E-state index contributed by atoms with van der Waals surface area (Å²) in [6, 6.07) is 0. The van der Waals surface area contributed by atoms with Gasteiger partial charge in [0.1, 0.15) is 0 Å². The highest BCUT2D eigenvalue weighted by Crippen LogP contribution is 2.23. The Bertz CT molecular complexity index is 409. The summed E-state index contributed by atoms with van der Waals surface area (Å²) in [6.07, 6.45) is 3.73. The molecular weight excluding hydrogens is 238 g/mol. The topological polar surface area (TPSA) is 81.8 Å². The number of hydrogen-bond donors (Lipinski definition) is 1. The average Bonchev–Trinajstić information content (AvgIpc) is 2.95. The zero-order chi connectivity index (χ0) is 13.0. The highest BCUT2D eigenvalue weighted by molar-refractivity contribution is 5.87. The van der Waals surface area contributed by atoms with Gasteiger partial charge >= 0.3 is 11.9 Å². The van der Waals surface area contributed by atoms with Crippen molar-refractivity contribution in [2.45, 2.75) is 38.7 Å². The summed E-state index contributed by atoms with van der Waals surface area (Å²) >= 11 is 0. The molecule has 2 heterocycles. The Labute approximate surface area is 105 Å². The van der Waals surface area contributed by atoms with E-state index in [4.69, 9.17) is 19.0 Å². The van der Waals surface area contributed by atoms with Gasteiger partial charge in [-0.15, -0.1) is 0 Å². The van der Waals surface area contributed by atoms with E-state index in [9.17, 15) is 4.79 Å². The number of oxazole rings is 1. The molecule has 6 nitrogen and oxygen atoms in total. The van der Waals surface area contributed by atoms with Crippen molar-refractivity contribution >= 4 is 5.97 Å². The molecule has 18 heavy (non-hydrogen) atoms. The summed E-state index contributed by atoms with van der Waals surface area (Å²) in [4.78, 5) is 14.9. The molecule has 1 saturated heterocycles. The van der Waals surface area contributed by atoms with Crippen molar-refractivity contribution in [3.05, 3.63) is 11.6 Å². The zero-order valence-corrected chi connectivity index (χ0v) is 10.3. The number of aryl methyl sites for hydroxylation is 1. The first-order chi connectivity index (χ1) is 8.70. The van der Waals surface area contributed by atoms with E-state index in [1.165, 1.54) is 0 Å². The minimum atomic E-state index is -1.13. The van der Waals surface area contributed by atoms with Crippen molar-refractivity contribution in [1.82, 2.24) is 4.98 Å². The van der Waals surface area contributed by atoms with E-state index in [-0.39, 0.29) is 17.7 Å². The van der Waals surface area contributed by atoms with E-state index in [2.05, 4.69) is 4.98 Å². The van der Waals surface area contributed by atoms with E-state index < -0.39 is 5.97 Å². The quantitative estimate of drug-likeness (QED) is 0.835. The Balaban J connectivity index is 1.99. The number of hydrogen-bond acceptors (Lipinski definition) is 5. The lowest BCUT2D eigenvalue weighted by Gasteiger charge is -2.05. The van der Waals surface area contributed by atoms with Gasteiger partial charge in [-0.3, -0.25) is 0 Å². The molecule has 1 N–H and O–H groups in total. The van der Waals surface area contributed by atoms with Crippen molar-refractivity contribution in [1.29, 1.82) is 0 Å². The van der Waals surface area contributed by atoms with E-state index in [0.29, 0.717) is 18.9 Å². The van der Waals surface area contributed by atoms with Crippen LogP contribution in [0.2, 0.25) is 0 Å². The highest BCUT2D eigenvalue weighted by Gasteiger charge is 2.22. The lowest BCUT2D eigenvalue weighted by atomic mass is 10.1. The van der Waals surface area contributed by atoms with Gasteiger partial charge in [0.25, 0.3) is 0 Å². The summed E-state index contributed by atoms with van der Waals surface area (Å²) in [5.41, 5.74) is -0.154. The molecule has 0 radical (unpaired) electrons. The van der Waals surface area contributed by atoms with Crippen LogP contribution in [0.1, 0.15) is 42.6 Å². The number of aromatic carboxylic acids is 1. The van der Waals surface area contributed by atoms with Crippen LogP contribution in [-0.4, -0.2) is 35.4 Å². The van der Waals surface area contributed by atoms with Crippen LogP contribution < -0.4 is 4.74 Å². The third-order valence-corrected chi connectivity index (χ3v) is 2.82. The SMILES string of the molecule is CCOc1oc(CCC2CCCO2)nc1C(=O)O. The summed E-state index contributed by atoms with van der Waals surface area (Å²) in [5, 5.41) is 8.96. The summed E-state index contributed by atoms with van der Waals surface area (Å²) in [6.45, 7) is 2.92. The lowest BCUT2D eigenvalue weighted by molar-refractivity contribution is 0.0683. The standard InChI is InChI=1S/C12H17NO5/c1-2-16-12-10(11(14)15)13-9(18-12)6-5-8-4-3-7-17-8/h8H,2-7H2,1H3,(H,14,15). The second-order valence-electron chi connectivity index (χ2n) is 4.16. The molecule has 100 valence electrons. The minimum Gasteiger partial charge on any atom is -0.476 e. The molecule has 1 fully saturated rings. The number of rotatable bonds is 6. The largest absolute Gasteiger partial charge is 0.476 e. The first-order valence-electron chi connectivity index (χ1n) is 6.18. The van der Waals surface area contributed by atoms with Crippen LogP contribution in [0, 0.1) is 0 Å². The molecular formula is C12H17NO5. The number of carboxylic acids is 1. The predicted molar refractivity (Wildman–Crippen MR) is 61.9 cm³/mol. The average molecular weight is 255 g/mol. The monoisotopic (exact) mass is 255 g/mol. The van der Waals surface area contributed by atoms with Gasteiger partial charge in [0.2, 0.25) is 5.69 Å². The van der Waals surface area contributed by atoms with Gasteiger partial charge in [-0.1, -0.05) is 0 Å². The smallest absolute Gasteiger partial charge is 0.362 e. The molecule has 1 unspecified atom stereocenters. The number of ether oxygens (including phenoxy) is 2. The number of carboxylic acid groups (broad SMARTS) is 1. The molecule has 1 aromatic rings. The fourth-order valence-corrected chi connectivity index (χ4v) is 1.98. The van der Waals surface area contributed by atoms with Crippen LogP contribution in [0.15, 0.2) is 4.42 Å². The van der Waals surface area contributed by atoms with Gasteiger partial charge in [0.15, 0.2) is 5.89 Å². The van der Waals surface area contributed by atoms with Gasteiger partial charge < -0.3 is 19.0 Å². The molecule has 0 spiro atoms. The third-order valence-electron chi connectivity index (χ3n) is 2.82. The maximum atomic E-state index is 10.9. The molecule has 0 saturated carbocycles. The Kier molecular flexibility index (Phi) is 4.19. The first-order valence-corrected chi connectivity index (χ1v) is 6.18. The Morgan fingerprint density at radius 1 is 1.61 bits per heavy atom. The molecule has 1 aromatic heterocycles. The Morgan fingerprint density at radius 3 is 3.06 bits per heavy atom. The lowest BCUT2D eigenvalue weighted by Crippen LogP contribution is -2.06. The van der Waals surface area contributed by atoms with Gasteiger partial charge in [0.05, 0.1) is 12.7 Å². The maximum absolute atomic E-state index is 10.9. The van der Waals surface area contributed by atoms with Crippen LogP contribution in [-0.2, 0) is 11.2 Å². The highest BCUT2D eigenvalue weighted by atomic mass is 16.6. The van der Waals surface area contributed by atoms with Gasteiger partial charge in [-0.2, -0.15) is 0 Å². The zero-order valence-electron chi connectivity index (χ0n) is 10.3. The molecule has 1 aliphatic rings. The minimum absolute atomic E-state index is 0.00709. The normalized spacial score (nSPS) is 19.1. The van der Waals surface area contributed by atoms with Gasteiger partial charge in [-0.05, 0) is 26.2 Å². The van der Waals surface area contributed by atoms with Crippen molar-refractivity contribution in [2.24, 2.45) is 0 Å². The molecule has 2 rings (SSSR count). The Morgan fingerprint density at radius 2 is 2.44 bits per heavy atom. The molecule has 0 bridgehead atoms. The fraction of sp³-hybridized carbons (Fsp3) is 0.667. The van der Waals surface area contributed by atoms with E-state index in [0.717, 1.165) is 25.9 Å². The maximum Gasteiger partial charge on any atom is 0.362 e. The number of carbonyl (C=O) groups is 1. The third kappa shape index (κ3) is 3.01.